The van der Waals surface area contributed by atoms with Crippen LogP contribution in [0.25, 0.3) is 0 Å². The van der Waals surface area contributed by atoms with E-state index < -0.39 is 0 Å². The van der Waals surface area contributed by atoms with Crippen molar-refractivity contribution in [3.8, 4) is 0 Å². The summed E-state index contributed by atoms with van der Waals surface area (Å²) in [6.45, 7) is 5.39. The van der Waals surface area contributed by atoms with Crippen molar-refractivity contribution in [2.45, 2.75) is 52.6 Å². The van der Waals surface area contributed by atoms with Crippen LogP contribution >= 0.6 is 35.3 Å². The van der Waals surface area contributed by atoms with Gasteiger partial charge in [0, 0.05) is 30.1 Å². The summed E-state index contributed by atoms with van der Waals surface area (Å²) in [6.07, 6.45) is 4.34. The molecule has 6 nitrogen and oxygen atoms in total. The first-order valence-electron chi connectivity index (χ1n) is 9.82. The van der Waals surface area contributed by atoms with Gasteiger partial charge < -0.3 is 16.0 Å². The predicted octanol–water partition coefficient (Wildman–Crippen LogP) is 4.37. The van der Waals surface area contributed by atoms with Crippen LogP contribution in [-0.2, 0) is 17.9 Å². The number of anilines is 1. The zero-order valence-corrected chi connectivity index (χ0v) is 20.4. The van der Waals surface area contributed by atoms with Crippen molar-refractivity contribution in [3.63, 3.8) is 0 Å². The molecule has 1 aliphatic carbocycles. The SMILES string of the molecule is CN=C(NCc1cccc(NC(=O)C2CCCC2)c1)NCc1nc(C)c(C)s1.I. The van der Waals surface area contributed by atoms with Gasteiger partial charge >= 0.3 is 0 Å². The van der Waals surface area contributed by atoms with Crippen molar-refractivity contribution in [2.24, 2.45) is 10.9 Å². The maximum Gasteiger partial charge on any atom is 0.227 e. The van der Waals surface area contributed by atoms with Gasteiger partial charge in [0.05, 0.1) is 12.2 Å². The fraction of sp³-hybridized carbons (Fsp3) is 0.476. The van der Waals surface area contributed by atoms with Crippen molar-refractivity contribution >= 4 is 52.9 Å². The molecule has 29 heavy (non-hydrogen) atoms. The van der Waals surface area contributed by atoms with Gasteiger partial charge in [0.25, 0.3) is 0 Å². The van der Waals surface area contributed by atoms with Crippen molar-refractivity contribution in [1.82, 2.24) is 15.6 Å². The molecule has 0 atom stereocenters. The number of nitrogens with zero attached hydrogens (tertiary/aromatic N) is 2. The van der Waals surface area contributed by atoms with Gasteiger partial charge in [0.15, 0.2) is 5.96 Å². The monoisotopic (exact) mass is 527 g/mol. The average molecular weight is 527 g/mol. The summed E-state index contributed by atoms with van der Waals surface area (Å²) in [5.74, 6) is 1.04. The van der Waals surface area contributed by atoms with Gasteiger partial charge in [-0.15, -0.1) is 35.3 Å². The maximum atomic E-state index is 12.3. The van der Waals surface area contributed by atoms with Gasteiger partial charge in [-0.2, -0.15) is 0 Å². The summed E-state index contributed by atoms with van der Waals surface area (Å²) in [4.78, 5) is 22.4. The molecule has 1 fully saturated rings. The summed E-state index contributed by atoms with van der Waals surface area (Å²) in [5, 5.41) is 10.7. The molecule has 158 valence electrons. The molecule has 3 rings (SSSR count). The number of aryl methyl sites for hydroxylation is 2. The fourth-order valence-electron chi connectivity index (χ4n) is 3.37. The number of carbonyl (C=O) groups excluding carboxylic acids is 1. The zero-order chi connectivity index (χ0) is 19.9. The molecule has 0 saturated heterocycles. The molecule has 0 unspecified atom stereocenters. The Morgan fingerprint density at radius 1 is 1.21 bits per heavy atom. The minimum Gasteiger partial charge on any atom is -0.352 e. The lowest BCUT2D eigenvalue weighted by atomic mass is 10.1. The first-order valence-corrected chi connectivity index (χ1v) is 10.6. The third-order valence-corrected chi connectivity index (χ3v) is 6.16. The topological polar surface area (TPSA) is 78.4 Å². The van der Waals surface area contributed by atoms with Gasteiger partial charge in [-0.25, -0.2) is 4.98 Å². The number of guanidine groups is 1. The molecule has 1 aromatic carbocycles. The Bertz CT molecular complexity index is 826. The van der Waals surface area contributed by atoms with Crippen LogP contribution in [0.4, 0.5) is 5.69 Å². The lowest BCUT2D eigenvalue weighted by molar-refractivity contribution is -0.119. The number of aliphatic imine (C=N–C) groups is 1. The second-order valence-corrected chi connectivity index (χ2v) is 8.49. The first kappa shape index (κ1) is 23.6. The number of hydrogen-bond acceptors (Lipinski definition) is 4. The lowest BCUT2D eigenvalue weighted by Crippen LogP contribution is -2.36. The minimum atomic E-state index is 0. The van der Waals surface area contributed by atoms with E-state index in [2.05, 4.69) is 32.9 Å². The van der Waals surface area contributed by atoms with Gasteiger partial charge in [-0.3, -0.25) is 9.79 Å². The highest BCUT2D eigenvalue weighted by Crippen LogP contribution is 2.26. The summed E-state index contributed by atoms with van der Waals surface area (Å²) in [6, 6.07) is 7.97. The number of hydrogen-bond donors (Lipinski definition) is 3. The summed E-state index contributed by atoms with van der Waals surface area (Å²) in [7, 11) is 1.76. The Morgan fingerprint density at radius 2 is 1.93 bits per heavy atom. The normalized spacial score (nSPS) is 14.4. The number of thiazole rings is 1. The minimum absolute atomic E-state index is 0. The average Bonchev–Trinajstić information content (AvgIpc) is 3.33. The fourth-order valence-corrected chi connectivity index (χ4v) is 4.25. The highest BCUT2D eigenvalue weighted by molar-refractivity contribution is 14.0. The number of aromatic nitrogens is 1. The van der Waals surface area contributed by atoms with Crippen LogP contribution < -0.4 is 16.0 Å². The van der Waals surface area contributed by atoms with Crippen LogP contribution in [0.1, 0.15) is 46.8 Å². The molecule has 1 aromatic heterocycles. The predicted molar refractivity (Wildman–Crippen MR) is 131 cm³/mol. The summed E-state index contributed by atoms with van der Waals surface area (Å²) >= 11 is 1.70. The van der Waals surface area contributed by atoms with Crippen LogP contribution in [0.5, 0.6) is 0 Å². The molecule has 0 bridgehead atoms. The lowest BCUT2D eigenvalue weighted by Gasteiger charge is -2.13. The summed E-state index contributed by atoms with van der Waals surface area (Å²) in [5.41, 5.74) is 3.03. The highest BCUT2D eigenvalue weighted by Gasteiger charge is 2.22. The van der Waals surface area contributed by atoms with Gasteiger partial charge in [-0.05, 0) is 44.4 Å². The van der Waals surface area contributed by atoms with E-state index in [-0.39, 0.29) is 35.8 Å². The van der Waals surface area contributed by atoms with E-state index >= 15 is 0 Å². The van der Waals surface area contributed by atoms with Crippen molar-refractivity contribution in [3.05, 3.63) is 45.4 Å². The Balaban J connectivity index is 0.00000300. The molecule has 1 aliphatic rings. The third-order valence-electron chi connectivity index (χ3n) is 5.08. The Labute approximate surface area is 194 Å². The zero-order valence-electron chi connectivity index (χ0n) is 17.2. The second kappa shape index (κ2) is 11.5. The number of nitrogens with one attached hydrogen (secondary N) is 3. The van der Waals surface area contributed by atoms with E-state index in [1.54, 1.807) is 18.4 Å². The van der Waals surface area contributed by atoms with Crippen LogP contribution in [-0.4, -0.2) is 23.9 Å². The smallest absolute Gasteiger partial charge is 0.227 e. The molecule has 1 heterocycles. The number of carbonyl (C=O) groups is 1. The van der Waals surface area contributed by atoms with E-state index in [9.17, 15) is 4.79 Å². The van der Waals surface area contributed by atoms with E-state index in [1.165, 1.54) is 4.88 Å². The number of benzene rings is 1. The van der Waals surface area contributed by atoms with E-state index in [4.69, 9.17) is 0 Å². The molecule has 0 radical (unpaired) electrons. The Morgan fingerprint density at radius 3 is 2.59 bits per heavy atom. The van der Waals surface area contributed by atoms with Crippen molar-refractivity contribution in [2.75, 3.05) is 12.4 Å². The van der Waals surface area contributed by atoms with Crippen LogP contribution in [0.2, 0.25) is 0 Å². The molecule has 0 aliphatic heterocycles. The largest absolute Gasteiger partial charge is 0.352 e. The van der Waals surface area contributed by atoms with Crippen LogP contribution in [0.3, 0.4) is 0 Å². The molecule has 8 heteroatoms. The molecule has 1 saturated carbocycles. The van der Waals surface area contributed by atoms with Gasteiger partial charge in [0.1, 0.15) is 5.01 Å². The highest BCUT2D eigenvalue weighted by atomic mass is 127. The molecular formula is C21H30IN5OS. The number of rotatable bonds is 6. The number of amides is 1. The first-order chi connectivity index (χ1) is 13.5. The number of halogens is 1. The quantitative estimate of drug-likeness (QED) is 0.296. The maximum absolute atomic E-state index is 12.3. The van der Waals surface area contributed by atoms with Gasteiger partial charge in [0.2, 0.25) is 5.91 Å². The molecule has 1 amide bonds. The van der Waals surface area contributed by atoms with Crippen LogP contribution in [0.15, 0.2) is 29.3 Å². The standard InChI is InChI=1S/C21H29N5OS.HI/c1-14-15(2)28-19(25-14)13-24-21(22-3)23-12-16-7-6-10-18(11-16)26-20(27)17-8-4-5-9-17;/h6-7,10-11,17H,4-5,8-9,12-13H2,1-3H3,(H,26,27)(H2,22,23,24);1H. The van der Waals surface area contributed by atoms with E-state index in [1.807, 2.05) is 31.2 Å². The van der Waals surface area contributed by atoms with E-state index in [0.29, 0.717) is 13.1 Å². The molecule has 0 spiro atoms. The third kappa shape index (κ3) is 6.95. The molecular weight excluding hydrogens is 497 g/mol. The van der Waals surface area contributed by atoms with Gasteiger partial charge in [-0.1, -0.05) is 25.0 Å². The van der Waals surface area contributed by atoms with E-state index in [0.717, 1.165) is 53.6 Å². The summed E-state index contributed by atoms with van der Waals surface area (Å²) < 4.78 is 0. The van der Waals surface area contributed by atoms with Crippen molar-refractivity contribution in [1.29, 1.82) is 0 Å². The Hall–Kier alpha value is -1.68. The second-order valence-electron chi connectivity index (χ2n) is 7.20. The Kier molecular flexibility index (Phi) is 9.35. The van der Waals surface area contributed by atoms with Crippen LogP contribution in [0, 0.1) is 19.8 Å². The van der Waals surface area contributed by atoms with Crippen molar-refractivity contribution < 1.29 is 4.79 Å². The molecule has 3 N–H and O–H groups in total. The molecule has 2 aromatic rings.